The second-order valence-electron chi connectivity index (χ2n) is 5.71. The molecule has 0 N–H and O–H groups in total. The van der Waals surface area contributed by atoms with Gasteiger partial charge in [-0.3, -0.25) is 0 Å². The van der Waals surface area contributed by atoms with Crippen LogP contribution in [0.2, 0.25) is 0 Å². The van der Waals surface area contributed by atoms with Crippen LogP contribution >= 0.6 is 11.8 Å². The number of rotatable bonds is 5. The van der Waals surface area contributed by atoms with Gasteiger partial charge in [0.15, 0.2) is 0 Å². The predicted octanol–water partition coefficient (Wildman–Crippen LogP) is 5.38. The number of carbonyl (C=O) groups excluding carboxylic acids is 1. The molecule has 0 radical (unpaired) electrons. The fraction of sp³-hybridized carbons (Fsp3) is 0.136. The van der Waals surface area contributed by atoms with E-state index in [9.17, 15) is 4.79 Å². The van der Waals surface area contributed by atoms with Gasteiger partial charge in [0.1, 0.15) is 0 Å². The summed E-state index contributed by atoms with van der Waals surface area (Å²) in [4.78, 5) is 13.1. The van der Waals surface area contributed by atoms with E-state index in [2.05, 4.69) is 30.3 Å². The highest BCUT2D eigenvalue weighted by molar-refractivity contribution is 7.98. The molecule has 0 aromatic heterocycles. The average molecular weight is 348 g/mol. The van der Waals surface area contributed by atoms with Crippen LogP contribution in [0.25, 0.3) is 0 Å². The van der Waals surface area contributed by atoms with Gasteiger partial charge in [-0.25, -0.2) is 4.79 Å². The summed E-state index contributed by atoms with van der Waals surface area (Å²) < 4.78 is 4.97. The largest absolute Gasteiger partial charge is 0.465 e. The lowest BCUT2D eigenvalue weighted by Gasteiger charge is -2.20. The van der Waals surface area contributed by atoms with Crippen molar-refractivity contribution in [3.8, 4) is 0 Å². The minimum Gasteiger partial charge on any atom is -0.465 e. The van der Waals surface area contributed by atoms with Crippen molar-refractivity contribution in [2.24, 2.45) is 0 Å². The molecule has 3 heteroatoms. The lowest BCUT2D eigenvalue weighted by atomic mass is 9.84. The average Bonchev–Trinajstić information content (AvgIpc) is 2.69. The molecule has 25 heavy (non-hydrogen) atoms. The van der Waals surface area contributed by atoms with E-state index in [4.69, 9.17) is 4.74 Å². The van der Waals surface area contributed by atoms with Crippen molar-refractivity contribution < 1.29 is 9.53 Å². The third-order valence-corrected chi connectivity index (χ3v) is 5.02. The summed E-state index contributed by atoms with van der Waals surface area (Å²) in [7, 11) is 1.42. The van der Waals surface area contributed by atoms with Crippen molar-refractivity contribution in [3.63, 3.8) is 0 Å². The topological polar surface area (TPSA) is 26.3 Å². The van der Waals surface area contributed by atoms with Gasteiger partial charge >= 0.3 is 5.97 Å². The van der Waals surface area contributed by atoms with Crippen molar-refractivity contribution >= 4 is 17.7 Å². The molecule has 0 saturated heterocycles. The molecule has 126 valence electrons. The minimum atomic E-state index is -0.300. The van der Waals surface area contributed by atoms with Crippen LogP contribution in [0.1, 0.15) is 33.0 Å². The van der Waals surface area contributed by atoms with Crippen LogP contribution in [0.15, 0.2) is 83.8 Å². The third kappa shape index (κ3) is 3.77. The minimum absolute atomic E-state index is 0.0710. The van der Waals surface area contributed by atoms with E-state index >= 15 is 0 Å². The Balaban J connectivity index is 2.16. The first kappa shape index (κ1) is 17.3. The highest BCUT2D eigenvalue weighted by Gasteiger charge is 2.20. The Kier molecular flexibility index (Phi) is 5.56. The number of hydrogen-bond acceptors (Lipinski definition) is 3. The van der Waals surface area contributed by atoms with Crippen LogP contribution in [0.3, 0.4) is 0 Å². The molecule has 0 amide bonds. The Labute approximate surface area is 152 Å². The molecule has 3 rings (SSSR count). The molecule has 0 aliphatic rings. The van der Waals surface area contributed by atoms with E-state index in [0.29, 0.717) is 5.56 Å². The molecule has 0 fully saturated rings. The van der Waals surface area contributed by atoms with E-state index in [1.807, 2.05) is 54.8 Å². The molecule has 0 atom stereocenters. The van der Waals surface area contributed by atoms with Gasteiger partial charge in [-0.15, -0.1) is 11.8 Å². The van der Waals surface area contributed by atoms with Crippen LogP contribution in [0, 0.1) is 0 Å². The lowest BCUT2D eigenvalue weighted by Crippen LogP contribution is -2.08. The van der Waals surface area contributed by atoms with Crippen LogP contribution in [-0.4, -0.2) is 19.3 Å². The maximum absolute atomic E-state index is 12.2. The second kappa shape index (κ2) is 8.04. The molecule has 0 aliphatic carbocycles. The van der Waals surface area contributed by atoms with Crippen LogP contribution in [0.5, 0.6) is 0 Å². The van der Waals surface area contributed by atoms with E-state index in [1.165, 1.54) is 18.2 Å². The van der Waals surface area contributed by atoms with E-state index in [-0.39, 0.29) is 11.9 Å². The first-order valence-electron chi connectivity index (χ1n) is 8.10. The zero-order valence-electron chi connectivity index (χ0n) is 14.3. The molecule has 0 unspecified atom stereocenters. The molecule has 0 heterocycles. The van der Waals surface area contributed by atoms with Crippen molar-refractivity contribution in [2.75, 3.05) is 13.4 Å². The zero-order chi connectivity index (χ0) is 17.6. The van der Waals surface area contributed by atoms with Gasteiger partial charge in [0.25, 0.3) is 0 Å². The normalized spacial score (nSPS) is 10.7. The first-order chi connectivity index (χ1) is 12.2. The standard InChI is InChI=1S/C22H20O2S/c1-24-22(23)19-15-18(13-14-20(19)25-2)21(16-9-5-3-6-10-16)17-11-7-4-8-12-17/h3-15,21H,1-2H3. The van der Waals surface area contributed by atoms with Crippen LogP contribution < -0.4 is 0 Å². The predicted molar refractivity (Wildman–Crippen MR) is 103 cm³/mol. The first-order valence-corrected chi connectivity index (χ1v) is 9.33. The molecular formula is C22H20O2S. The molecule has 0 spiro atoms. The fourth-order valence-electron chi connectivity index (χ4n) is 3.04. The highest BCUT2D eigenvalue weighted by atomic mass is 32.2. The number of carbonyl (C=O) groups is 1. The number of esters is 1. The highest BCUT2D eigenvalue weighted by Crippen LogP contribution is 2.34. The van der Waals surface area contributed by atoms with Gasteiger partial charge in [0.05, 0.1) is 12.7 Å². The van der Waals surface area contributed by atoms with Crippen LogP contribution in [-0.2, 0) is 4.74 Å². The van der Waals surface area contributed by atoms with Crippen molar-refractivity contribution in [1.82, 2.24) is 0 Å². The van der Waals surface area contributed by atoms with Gasteiger partial charge < -0.3 is 4.74 Å². The second-order valence-corrected chi connectivity index (χ2v) is 6.55. The van der Waals surface area contributed by atoms with E-state index in [0.717, 1.165) is 10.5 Å². The van der Waals surface area contributed by atoms with Gasteiger partial charge in [-0.1, -0.05) is 66.7 Å². The Morgan fingerprint density at radius 3 is 1.88 bits per heavy atom. The number of benzene rings is 3. The SMILES string of the molecule is COC(=O)c1cc(C(c2ccccc2)c2ccccc2)ccc1SC. The van der Waals surface area contributed by atoms with Crippen molar-refractivity contribution in [2.45, 2.75) is 10.8 Å². The maximum atomic E-state index is 12.2. The maximum Gasteiger partial charge on any atom is 0.339 e. The fourth-order valence-corrected chi connectivity index (χ4v) is 3.61. The molecule has 2 nitrogen and oxygen atoms in total. The number of methoxy groups -OCH3 is 1. The molecule has 3 aromatic rings. The van der Waals surface area contributed by atoms with Gasteiger partial charge in [-0.05, 0) is 35.1 Å². The lowest BCUT2D eigenvalue weighted by molar-refractivity contribution is 0.0596. The molecule has 0 aliphatic heterocycles. The number of thioether (sulfide) groups is 1. The van der Waals surface area contributed by atoms with Gasteiger partial charge in [0.2, 0.25) is 0 Å². The monoisotopic (exact) mass is 348 g/mol. The molecule has 0 bridgehead atoms. The Bertz CT molecular complexity index is 805. The summed E-state index contributed by atoms with van der Waals surface area (Å²) in [6.45, 7) is 0. The van der Waals surface area contributed by atoms with Crippen molar-refractivity contribution in [1.29, 1.82) is 0 Å². The van der Waals surface area contributed by atoms with Gasteiger partial charge in [0, 0.05) is 10.8 Å². The summed E-state index contributed by atoms with van der Waals surface area (Å²) in [5.41, 5.74) is 4.09. The summed E-state index contributed by atoms with van der Waals surface area (Å²) in [5.74, 6) is -0.229. The summed E-state index contributed by atoms with van der Waals surface area (Å²) in [6, 6.07) is 26.8. The Morgan fingerprint density at radius 1 is 0.840 bits per heavy atom. The van der Waals surface area contributed by atoms with Crippen LogP contribution in [0.4, 0.5) is 0 Å². The number of hydrogen-bond donors (Lipinski definition) is 0. The Hall–Kier alpha value is -2.52. The summed E-state index contributed by atoms with van der Waals surface area (Å²) in [6.07, 6.45) is 1.97. The number of ether oxygens (including phenoxy) is 1. The molecule has 0 saturated carbocycles. The summed E-state index contributed by atoms with van der Waals surface area (Å²) >= 11 is 1.55. The van der Waals surface area contributed by atoms with E-state index in [1.54, 1.807) is 11.8 Å². The van der Waals surface area contributed by atoms with Crippen molar-refractivity contribution in [3.05, 3.63) is 101 Å². The third-order valence-electron chi connectivity index (χ3n) is 4.23. The summed E-state index contributed by atoms with van der Waals surface area (Å²) in [5, 5.41) is 0. The zero-order valence-corrected chi connectivity index (χ0v) is 15.1. The van der Waals surface area contributed by atoms with E-state index < -0.39 is 0 Å². The van der Waals surface area contributed by atoms with Gasteiger partial charge in [-0.2, -0.15) is 0 Å². The Morgan fingerprint density at radius 2 is 1.40 bits per heavy atom. The smallest absolute Gasteiger partial charge is 0.339 e. The quantitative estimate of drug-likeness (QED) is 0.352. The molecular weight excluding hydrogens is 328 g/mol. The molecule has 3 aromatic carbocycles.